The van der Waals surface area contributed by atoms with Crippen molar-refractivity contribution in [2.45, 2.75) is 56.7 Å². The van der Waals surface area contributed by atoms with E-state index in [1.807, 2.05) is 0 Å². The van der Waals surface area contributed by atoms with E-state index in [0.29, 0.717) is 0 Å². The molecule has 4 aliphatic rings. The Morgan fingerprint density at radius 2 is 1.62 bits per heavy atom. The van der Waals surface area contributed by atoms with Gasteiger partial charge in [0.05, 0.1) is 6.61 Å². The number of halogens is 3. The first-order valence-corrected chi connectivity index (χ1v) is 7.79. The van der Waals surface area contributed by atoms with Crippen molar-refractivity contribution in [3.8, 4) is 0 Å². The fourth-order valence-corrected chi connectivity index (χ4v) is 4.97. The molecule has 0 spiro atoms. The van der Waals surface area contributed by atoms with Gasteiger partial charge in [-0.3, -0.25) is 4.79 Å². The second-order valence-corrected chi connectivity index (χ2v) is 7.16. The number of ether oxygens (including phenoxy) is 1. The first kappa shape index (κ1) is 15.1. The summed E-state index contributed by atoms with van der Waals surface area (Å²) in [6.45, 7) is -1.45. The molecular formula is C15H22F3NO2. The van der Waals surface area contributed by atoms with Gasteiger partial charge in [-0.15, -0.1) is 0 Å². The van der Waals surface area contributed by atoms with Crippen LogP contribution in [0.3, 0.4) is 0 Å². The lowest BCUT2D eigenvalue weighted by Gasteiger charge is -2.56. The van der Waals surface area contributed by atoms with Gasteiger partial charge in [-0.1, -0.05) is 0 Å². The van der Waals surface area contributed by atoms with E-state index >= 15 is 0 Å². The predicted molar refractivity (Wildman–Crippen MR) is 70.5 cm³/mol. The van der Waals surface area contributed by atoms with Crippen LogP contribution in [-0.2, 0) is 9.53 Å². The third-order valence-electron chi connectivity index (χ3n) is 5.18. The van der Waals surface area contributed by atoms with Gasteiger partial charge in [0.15, 0.2) is 0 Å². The highest BCUT2D eigenvalue weighted by atomic mass is 19.4. The first-order valence-electron chi connectivity index (χ1n) is 7.79. The second kappa shape index (κ2) is 5.45. The van der Waals surface area contributed by atoms with Gasteiger partial charge in [0, 0.05) is 12.0 Å². The summed E-state index contributed by atoms with van der Waals surface area (Å²) < 4.78 is 40.3. The molecule has 0 aromatic rings. The molecular weight excluding hydrogens is 283 g/mol. The van der Waals surface area contributed by atoms with Crippen LogP contribution in [-0.4, -0.2) is 30.8 Å². The van der Waals surface area contributed by atoms with E-state index in [2.05, 4.69) is 10.1 Å². The van der Waals surface area contributed by atoms with E-state index < -0.39 is 12.8 Å². The molecule has 1 N–H and O–H groups in total. The monoisotopic (exact) mass is 305 g/mol. The molecule has 6 heteroatoms. The van der Waals surface area contributed by atoms with Crippen LogP contribution in [0, 0.1) is 17.8 Å². The Hall–Kier alpha value is -0.780. The van der Waals surface area contributed by atoms with E-state index in [9.17, 15) is 18.0 Å². The average molecular weight is 305 g/mol. The number of carbonyl (C=O) groups excluding carboxylic acids is 1. The van der Waals surface area contributed by atoms with Gasteiger partial charge in [0.25, 0.3) is 0 Å². The quantitative estimate of drug-likeness (QED) is 0.793. The van der Waals surface area contributed by atoms with Crippen molar-refractivity contribution in [3.05, 3.63) is 0 Å². The molecule has 0 aliphatic heterocycles. The Morgan fingerprint density at radius 1 is 1.10 bits per heavy atom. The van der Waals surface area contributed by atoms with E-state index in [1.54, 1.807) is 0 Å². The van der Waals surface area contributed by atoms with Gasteiger partial charge in [0.1, 0.15) is 6.61 Å². The molecule has 0 saturated heterocycles. The lowest BCUT2D eigenvalue weighted by atomic mass is 9.53. The maximum Gasteiger partial charge on any atom is 0.411 e. The Kier molecular flexibility index (Phi) is 3.93. The van der Waals surface area contributed by atoms with Crippen molar-refractivity contribution in [2.24, 2.45) is 17.8 Å². The summed E-state index contributed by atoms with van der Waals surface area (Å²) in [6.07, 6.45) is 2.72. The Balaban J connectivity index is 1.45. The molecule has 0 atom stereocenters. The van der Waals surface area contributed by atoms with Crippen molar-refractivity contribution in [1.82, 2.24) is 5.32 Å². The second-order valence-electron chi connectivity index (χ2n) is 7.16. The fraction of sp³-hybridized carbons (Fsp3) is 0.933. The number of alkyl halides is 3. The van der Waals surface area contributed by atoms with Gasteiger partial charge in [-0.05, 0) is 56.3 Å². The Labute approximate surface area is 122 Å². The standard InChI is InChI=1S/C15H22F3NO2/c16-15(17,18)9-21-2-1-13(20)19-14-6-10-3-11(7-14)5-12(4-10)8-14/h10-12H,1-9H2,(H,19,20). The fourth-order valence-electron chi connectivity index (χ4n) is 4.97. The average Bonchev–Trinajstić information content (AvgIpc) is 2.31. The van der Waals surface area contributed by atoms with E-state index in [4.69, 9.17) is 0 Å². The highest BCUT2D eigenvalue weighted by Crippen LogP contribution is 2.55. The van der Waals surface area contributed by atoms with E-state index in [0.717, 1.165) is 37.0 Å². The zero-order valence-electron chi connectivity index (χ0n) is 12.0. The minimum absolute atomic E-state index is 0.0117. The molecule has 21 heavy (non-hydrogen) atoms. The predicted octanol–water partition coefficient (Wildman–Crippen LogP) is 3.04. The Bertz CT molecular complexity index is 373. The molecule has 4 rings (SSSR count). The summed E-state index contributed by atoms with van der Waals surface area (Å²) in [5.74, 6) is 2.04. The zero-order chi connectivity index (χ0) is 15.1. The summed E-state index contributed by atoms with van der Waals surface area (Å²) in [6, 6.07) is 0. The van der Waals surface area contributed by atoms with Crippen LogP contribution in [0.5, 0.6) is 0 Å². The Morgan fingerprint density at radius 3 is 2.10 bits per heavy atom. The van der Waals surface area contributed by atoms with Crippen molar-refractivity contribution in [2.75, 3.05) is 13.2 Å². The molecule has 0 heterocycles. The molecule has 3 nitrogen and oxygen atoms in total. The SMILES string of the molecule is O=C(CCOCC(F)(F)F)NC12CC3CC(CC(C3)C1)C2. The first-order chi connectivity index (χ1) is 9.84. The summed E-state index contributed by atoms with van der Waals surface area (Å²) in [4.78, 5) is 12.0. The lowest BCUT2D eigenvalue weighted by Crippen LogP contribution is -2.59. The molecule has 0 aromatic carbocycles. The van der Waals surface area contributed by atoms with Crippen molar-refractivity contribution < 1.29 is 22.7 Å². The van der Waals surface area contributed by atoms with Gasteiger partial charge < -0.3 is 10.1 Å². The molecule has 1 amide bonds. The lowest BCUT2D eigenvalue weighted by molar-refractivity contribution is -0.175. The largest absolute Gasteiger partial charge is 0.411 e. The minimum Gasteiger partial charge on any atom is -0.372 e. The van der Waals surface area contributed by atoms with Crippen molar-refractivity contribution in [3.63, 3.8) is 0 Å². The third kappa shape index (κ3) is 3.71. The molecule has 0 aromatic heterocycles. The van der Waals surface area contributed by atoms with Crippen LogP contribution in [0.2, 0.25) is 0 Å². The summed E-state index contributed by atoms with van der Waals surface area (Å²) in [5.41, 5.74) is -0.0736. The minimum atomic E-state index is -4.32. The van der Waals surface area contributed by atoms with Gasteiger partial charge in [-0.2, -0.15) is 13.2 Å². The maximum absolute atomic E-state index is 12.0. The smallest absolute Gasteiger partial charge is 0.372 e. The highest BCUT2D eigenvalue weighted by molar-refractivity contribution is 5.77. The number of carbonyl (C=O) groups is 1. The number of amides is 1. The number of nitrogens with one attached hydrogen (secondary N) is 1. The van der Waals surface area contributed by atoms with Gasteiger partial charge in [-0.25, -0.2) is 0 Å². The molecule has 4 aliphatic carbocycles. The van der Waals surface area contributed by atoms with Crippen molar-refractivity contribution >= 4 is 5.91 Å². The van der Waals surface area contributed by atoms with Crippen LogP contribution < -0.4 is 5.32 Å². The van der Waals surface area contributed by atoms with E-state index in [-0.39, 0.29) is 24.5 Å². The summed E-state index contributed by atoms with van der Waals surface area (Å²) in [7, 11) is 0. The number of hydrogen-bond acceptors (Lipinski definition) is 2. The number of hydrogen-bond donors (Lipinski definition) is 1. The molecule has 0 unspecified atom stereocenters. The number of rotatable bonds is 5. The van der Waals surface area contributed by atoms with Crippen LogP contribution in [0.25, 0.3) is 0 Å². The normalized spacial score (nSPS) is 37.8. The topological polar surface area (TPSA) is 38.3 Å². The van der Waals surface area contributed by atoms with Gasteiger partial charge >= 0.3 is 6.18 Å². The maximum atomic E-state index is 12.0. The third-order valence-corrected chi connectivity index (χ3v) is 5.18. The molecule has 0 radical (unpaired) electrons. The summed E-state index contributed by atoms with van der Waals surface area (Å²) in [5, 5.41) is 3.12. The molecule has 4 bridgehead atoms. The van der Waals surface area contributed by atoms with Crippen LogP contribution in [0.15, 0.2) is 0 Å². The summed E-state index contributed by atoms with van der Waals surface area (Å²) >= 11 is 0. The van der Waals surface area contributed by atoms with E-state index in [1.165, 1.54) is 19.3 Å². The van der Waals surface area contributed by atoms with Crippen LogP contribution in [0.4, 0.5) is 13.2 Å². The molecule has 4 saturated carbocycles. The highest BCUT2D eigenvalue weighted by Gasteiger charge is 2.51. The molecule has 4 fully saturated rings. The molecule has 120 valence electrons. The van der Waals surface area contributed by atoms with Crippen molar-refractivity contribution in [1.29, 1.82) is 0 Å². The van der Waals surface area contributed by atoms with Crippen LogP contribution in [0.1, 0.15) is 44.9 Å². The zero-order valence-corrected chi connectivity index (χ0v) is 12.0. The van der Waals surface area contributed by atoms with Crippen LogP contribution >= 0.6 is 0 Å². The van der Waals surface area contributed by atoms with Gasteiger partial charge in [0.2, 0.25) is 5.91 Å².